The van der Waals surface area contributed by atoms with Crippen LogP contribution in [0, 0.1) is 11.5 Å². The summed E-state index contributed by atoms with van der Waals surface area (Å²) in [5.74, 6) is 1.23. The molecule has 0 unspecified atom stereocenters. The molecular weight excluding hydrogens is 310 g/mol. The number of para-hydroxylation sites is 1. The van der Waals surface area contributed by atoms with Crippen molar-refractivity contribution >= 4 is 28.9 Å². The zero-order valence-electron chi connectivity index (χ0n) is 11.9. The Labute approximate surface area is 137 Å². The van der Waals surface area contributed by atoms with Crippen molar-refractivity contribution in [3.05, 3.63) is 65.1 Å². The van der Waals surface area contributed by atoms with Crippen LogP contribution in [-0.2, 0) is 4.79 Å². The van der Waals surface area contributed by atoms with E-state index in [4.69, 9.17) is 10.00 Å². The van der Waals surface area contributed by atoms with Crippen LogP contribution in [0.3, 0.4) is 0 Å². The molecule has 112 valence electrons. The number of thioether (sulfide) groups is 1. The third-order valence-electron chi connectivity index (χ3n) is 2.96. The van der Waals surface area contributed by atoms with Gasteiger partial charge in [-0.2, -0.15) is 5.26 Å². The van der Waals surface area contributed by atoms with E-state index in [0.29, 0.717) is 15.8 Å². The minimum atomic E-state index is -0.256. The third-order valence-corrected chi connectivity index (χ3v) is 3.87. The number of aliphatic imine (C=N–C) groups is 1. The molecule has 1 fully saturated rings. The van der Waals surface area contributed by atoms with E-state index in [9.17, 15) is 4.79 Å². The highest BCUT2D eigenvalue weighted by atomic mass is 32.2. The molecule has 0 spiro atoms. The highest BCUT2D eigenvalue weighted by Gasteiger charge is 2.23. The van der Waals surface area contributed by atoms with Crippen molar-refractivity contribution < 1.29 is 9.53 Å². The number of amidine groups is 1. The van der Waals surface area contributed by atoms with Crippen molar-refractivity contribution in [1.82, 2.24) is 5.32 Å². The molecule has 1 aliphatic rings. The molecule has 0 atom stereocenters. The summed E-state index contributed by atoms with van der Waals surface area (Å²) >= 11 is 1.14. The van der Waals surface area contributed by atoms with Crippen LogP contribution in [0.15, 0.2) is 64.5 Å². The lowest BCUT2D eigenvalue weighted by molar-refractivity contribution is -0.115. The first kappa shape index (κ1) is 14.9. The van der Waals surface area contributed by atoms with Crippen LogP contribution >= 0.6 is 11.8 Å². The molecule has 0 radical (unpaired) electrons. The lowest BCUT2D eigenvalue weighted by Gasteiger charge is -2.05. The molecule has 1 N–H and O–H groups in total. The van der Waals surface area contributed by atoms with Crippen molar-refractivity contribution in [2.45, 2.75) is 0 Å². The van der Waals surface area contributed by atoms with Crippen LogP contribution in [0.4, 0.5) is 0 Å². The second-order valence-electron chi connectivity index (χ2n) is 4.57. The van der Waals surface area contributed by atoms with Gasteiger partial charge in [-0.15, -0.1) is 4.99 Å². The zero-order valence-corrected chi connectivity index (χ0v) is 12.7. The molecule has 2 aromatic rings. The predicted molar refractivity (Wildman–Crippen MR) is 89.7 cm³/mol. The number of carbonyl (C=O) groups excluding carboxylic acids is 1. The molecule has 1 amide bonds. The van der Waals surface area contributed by atoms with Gasteiger partial charge in [0.05, 0.1) is 4.91 Å². The molecule has 1 heterocycles. The van der Waals surface area contributed by atoms with Crippen LogP contribution in [0.5, 0.6) is 11.5 Å². The number of hydrogen-bond acceptors (Lipinski definition) is 5. The summed E-state index contributed by atoms with van der Waals surface area (Å²) in [7, 11) is 0. The van der Waals surface area contributed by atoms with Crippen LogP contribution in [0.25, 0.3) is 6.08 Å². The molecule has 6 heteroatoms. The molecule has 0 aromatic heterocycles. The molecular formula is C17H11N3O2S. The average Bonchev–Trinajstić information content (AvgIpc) is 2.90. The number of hydrogen-bond donors (Lipinski definition) is 1. The van der Waals surface area contributed by atoms with Gasteiger partial charge in [0.1, 0.15) is 11.5 Å². The maximum absolute atomic E-state index is 11.8. The SMILES string of the molecule is N#CN=C1NC(=O)C(=Cc2ccc(Oc3ccccc3)cc2)S1. The normalized spacial score (nSPS) is 17.1. The molecule has 5 nitrogen and oxygen atoms in total. The van der Waals surface area contributed by atoms with Crippen LogP contribution in [-0.4, -0.2) is 11.1 Å². The van der Waals surface area contributed by atoms with E-state index < -0.39 is 0 Å². The summed E-state index contributed by atoms with van der Waals surface area (Å²) in [6.45, 7) is 0. The minimum Gasteiger partial charge on any atom is -0.457 e. The standard InChI is InChI=1S/C17H11N3O2S/c18-11-19-17-20-16(21)15(23-17)10-12-6-8-14(9-7-12)22-13-4-2-1-3-5-13/h1-10H,(H,19,20,21). The quantitative estimate of drug-likeness (QED) is 0.693. The van der Waals surface area contributed by atoms with Crippen LogP contribution in [0.1, 0.15) is 5.56 Å². The van der Waals surface area contributed by atoms with Crippen molar-refractivity contribution in [2.75, 3.05) is 0 Å². The molecule has 1 saturated heterocycles. The summed E-state index contributed by atoms with van der Waals surface area (Å²) in [5.41, 5.74) is 0.862. The fourth-order valence-corrected chi connectivity index (χ4v) is 2.71. The zero-order chi connectivity index (χ0) is 16.1. The van der Waals surface area contributed by atoms with Gasteiger partial charge in [-0.25, -0.2) is 0 Å². The molecule has 2 aromatic carbocycles. The Morgan fingerprint density at radius 3 is 2.48 bits per heavy atom. The van der Waals surface area contributed by atoms with Gasteiger partial charge in [0.25, 0.3) is 5.91 Å². The van der Waals surface area contributed by atoms with Crippen LogP contribution < -0.4 is 10.1 Å². The van der Waals surface area contributed by atoms with Gasteiger partial charge in [0.2, 0.25) is 6.19 Å². The monoisotopic (exact) mass is 321 g/mol. The van der Waals surface area contributed by atoms with E-state index >= 15 is 0 Å². The number of rotatable bonds is 3. The lowest BCUT2D eigenvalue weighted by atomic mass is 10.2. The van der Waals surface area contributed by atoms with E-state index in [2.05, 4.69) is 10.3 Å². The molecule has 0 saturated carbocycles. The number of nitrogens with one attached hydrogen (secondary N) is 1. The Hall–Kier alpha value is -3.04. The molecule has 0 bridgehead atoms. The van der Waals surface area contributed by atoms with Gasteiger partial charge in [0, 0.05) is 0 Å². The second-order valence-corrected chi connectivity index (χ2v) is 5.60. The number of nitriles is 1. The molecule has 1 aliphatic heterocycles. The van der Waals surface area contributed by atoms with Crippen molar-refractivity contribution in [1.29, 1.82) is 5.26 Å². The van der Waals surface area contributed by atoms with Crippen molar-refractivity contribution in [2.24, 2.45) is 4.99 Å². The summed E-state index contributed by atoms with van der Waals surface area (Å²) in [5, 5.41) is 11.3. The molecule has 23 heavy (non-hydrogen) atoms. The Morgan fingerprint density at radius 2 is 1.78 bits per heavy atom. The number of amides is 1. The Bertz CT molecular complexity index is 821. The fourth-order valence-electron chi connectivity index (χ4n) is 1.93. The Morgan fingerprint density at radius 1 is 1.09 bits per heavy atom. The topological polar surface area (TPSA) is 74.5 Å². The van der Waals surface area contributed by atoms with Crippen molar-refractivity contribution in [3.8, 4) is 17.7 Å². The highest BCUT2D eigenvalue weighted by molar-refractivity contribution is 8.18. The van der Waals surface area contributed by atoms with Gasteiger partial charge < -0.3 is 4.74 Å². The van der Waals surface area contributed by atoms with E-state index in [1.807, 2.05) is 54.6 Å². The number of ether oxygens (including phenoxy) is 1. The number of benzene rings is 2. The summed E-state index contributed by atoms with van der Waals surface area (Å²) in [6.07, 6.45) is 3.40. The van der Waals surface area contributed by atoms with Crippen molar-refractivity contribution in [3.63, 3.8) is 0 Å². The average molecular weight is 321 g/mol. The third kappa shape index (κ3) is 3.78. The molecule has 3 rings (SSSR count). The lowest BCUT2D eigenvalue weighted by Crippen LogP contribution is -2.19. The maximum Gasteiger partial charge on any atom is 0.264 e. The van der Waals surface area contributed by atoms with Gasteiger partial charge in [0.15, 0.2) is 5.17 Å². The van der Waals surface area contributed by atoms with Gasteiger partial charge in [-0.1, -0.05) is 30.3 Å². The predicted octanol–water partition coefficient (Wildman–Crippen LogP) is 3.52. The maximum atomic E-state index is 11.8. The summed E-state index contributed by atoms with van der Waals surface area (Å²) < 4.78 is 5.71. The first-order valence-electron chi connectivity index (χ1n) is 6.75. The fraction of sp³-hybridized carbons (Fsp3) is 0. The Kier molecular flexibility index (Phi) is 4.41. The summed E-state index contributed by atoms with van der Waals surface area (Å²) in [6, 6.07) is 16.9. The largest absolute Gasteiger partial charge is 0.457 e. The van der Waals surface area contributed by atoms with Crippen LogP contribution in [0.2, 0.25) is 0 Å². The molecule has 0 aliphatic carbocycles. The van der Waals surface area contributed by atoms with E-state index in [1.54, 1.807) is 12.3 Å². The van der Waals surface area contributed by atoms with Gasteiger partial charge in [-0.3, -0.25) is 10.1 Å². The first-order valence-corrected chi connectivity index (χ1v) is 7.57. The number of nitrogens with zero attached hydrogens (tertiary/aromatic N) is 2. The minimum absolute atomic E-state index is 0.256. The van der Waals surface area contributed by atoms with Gasteiger partial charge in [-0.05, 0) is 47.7 Å². The van der Waals surface area contributed by atoms with E-state index in [-0.39, 0.29) is 5.91 Å². The highest BCUT2D eigenvalue weighted by Crippen LogP contribution is 2.27. The second kappa shape index (κ2) is 6.81. The van der Waals surface area contributed by atoms with E-state index in [0.717, 1.165) is 23.1 Å². The van der Waals surface area contributed by atoms with Gasteiger partial charge >= 0.3 is 0 Å². The number of carbonyl (C=O) groups is 1. The summed E-state index contributed by atoms with van der Waals surface area (Å²) in [4.78, 5) is 15.8. The van der Waals surface area contributed by atoms with E-state index in [1.165, 1.54) is 0 Å². The smallest absolute Gasteiger partial charge is 0.264 e. The first-order chi connectivity index (χ1) is 11.2. The Balaban J connectivity index is 1.73.